The Labute approximate surface area is 124 Å². The minimum atomic E-state index is -0.339. The monoisotopic (exact) mass is 285 g/mol. The lowest BCUT2D eigenvalue weighted by molar-refractivity contribution is -0.385. The van der Waals surface area contributed by atoms with Crippen molar-refractivity contribution in [1.29, 1.82) is 0 Å². The largest absolute Gasteiger partial charge is 0.305 e. The Bertz CT molecular complexity index is 656. The van der Waals surface area contributed by atoms with E-state index in [4.69, 9.17) is 0 Å². The van der Waals surface area contributed by atoms with Crippen molar-refractivity contribution >= 4 is 5.69 Å². The van der Waals surface area contributed by atoms with Gasteiger partial charge in [-0.3, -0.25) is 15.1 Å². The van der Waals surface area contributed by atoms with Gasteiger partial charge in [-0.1, -0.05) is 18.2 Å². The van der Waals surface area contributed by atoms with Crippen LogP contribution in [0.25, 0.3) is 0 Å². The molecular weight excluding hydrogens is 266 g/mol. The molecule has 0 aliphatic rings. The number of nitrogens with zero attached hydrogens (tertiary/aromatic N) is 2. The molecule has 5 nitrogen and oxygen atoms in total. The second kappa shape index (κ2) is 6.45. The Balaban J connectivity index is 2.10. The summed E-state index contributed by atoms with van der Waals surface area (Å²) >= 11 is 0. The number of nitro groups is 1. The summed E-state index contributed by atoms with van der Waals surface area (Å²) in [5, 5.41) is 14.4. The molecule has 1 atom stereocenters. The zero-order chi connectivity index (χ0) is 15.4. The molecule has 0 amide bonds. The van der Waals surface area contributed by atoms with E-state index in [0.29, 0.717) is 12.1 Å². The molecule has 1 N–H and O–H groups in total. The van der Waals surface area contributed by atoms with Gasteiger partial charge in [0.25, 0.3) is 5.69 Å². The van der Waals surface area contributed by atoms with Crippen molar-refractivity contribution in [2.75, 3.05) is 0 Å². The topological polar surface area (TPSA) is 68.1 Å². The summed E-state index contributed by atoms with van der Waals surface area (Å²) in [6.45, 7) is 6.39. The lowest BCUT2D eigenvalue weighted by Crippen LogP contribution is -2.19. The number of aromatic nitrogens is 1. The zero-order valence-electron chi connectivity index (χ0n) is 12.5. The van der Waals surface area contributed by atoms with E-state index in [1.165, 1.54) is 0 Å². The SMILES string of the molecule is Cc1ccc(C(C)NCc2ncccc2C)cc1[N+](=O)[O-]. The van der Waals surface area contributed by atoms with Crippen molar-refractivity contribution in [3.8, 4) is 0 Å². The molecule has 0 bridgehead atoms. The summed E-state index contributed by atoms with van der Waals surface area (Å²) < 4.78 is 0. The molecule has 0 spiro atoms. The number of nitro benzene ring substituents is 1. The van der Waals surface area contributed by atoms with Crippen LogP contribution in [0.2, 0.25) is 0 Å². The Morgan fingerprint density at radius 3 is 2.71 bits per heavy atom. The summed E-state index contributed by atoms with van der Waals surface area (Å²) in [6, 6.07) is 9.30. The van der Waals surface area contributed by atoms with Crippen LogP contribution in [-0.2, 0) is 6.54 Å². The highest BCUT2D eigenvalue weighted by atomic mass is 16.6. The van der Waals surface area contributed by atoms with Crippen LogP contribution >= 0.6 is 0 Å². The highest BCUT2D eigenvalue weighted by Crippen LogP contribution is 2.23. The van der Waals surface area contributed by atoms with Crippen molar-refractivity contribution in [3.63, 3.8) is 0 Å². The highest BCUT2D eigenvalue weighted by molar-refractivity contribution is 5.43. The molecule has 1 aromatic heterocycles. The third-order valence-corrected chi connectivity index (χ3v) is 3.62. The van der Waals surface area contributed by atoms with Crippen molar-refractivity contribution in [1.82, 2.24) is 10.3 Å². The zero-order valence-corrected chi connectivity index (χ0v) is 12.5. The van der Waals surface area contributed by atoms with Gasteiger partial charge < -0.3 is 5.32 Å². The number of nitrogens with one attached hydrogen (secondary N) is 1. The molecule has 0 saturated carbocycles. The Morgan fingerprint density at radius 2 is 2.05 bits per heavy atom. The number of hydrogen-bond acceptors (Lipinski definition) is 4. The van der Waals surface area contributed by atoms with E-state index in [9.17, 15) is 10.1 Å². The van der Waals surface area contributed by atoms with Crippen LogP contribution in [-0.4, -0.2) is 9.91 Å². The van der Waals surface area contributed by atoms with Crippen LogP contribution in [0.15, 0.2) is 36.5 Å². The van der Waals surface area contributed by atoms with E-state index in [1.807, 2.05) is 32.0 Å². The first kappa shape index (κ1) is 15.1. The van der Waals surface area contributed by atoms with E-state index in [-0.39, 0.29) is 16.7 Å². The van der Waals surface area contributed by atoms with E-state index in [0.717, 1.165) is 16.8 Å². The molecule has 1 unspecified atom stereocenters. The van der Waals surface area contributed by atoms with Gasteiger partial charge in [0, 0.05) is 30.4 Å². The van der Waals surface area contributed by atoms with Gasteiger partial charge in [0.15, 0.2) is 0 Å². The maximum Gasteiger partial charge on any atom is 0.272 e. The quantitative estimate of drug-likeness (QED) is 0.674. The smallest absolute Gasteiger partial charge is 0.272 e. The predicted molar refractivity (Wildman–Crippen MR) is 82.1 cm³/mol. The maximum absolute atomic E-state index is 11.0. The van der Waals surface area contributed by atoms with Crippen LogP contribution in [0.1, 0.15) is 35.3 Å². The number of rotatable bonds is 5. The number of pyridine rings is 1. The van der Waals surface area contributed by atoms with Crippen LogP contribution in [0.5, 0.6) is 0 Å². The lowest BCUT2D eigenvalue weighted by Gasteiger charge is -2.15. The molecule has 0 radical (unpaired) electrons. The third-order valence-electron chi connectivity index (χ3n) is 3.62. The molecule has 21 heavy (non-hydrogen) atoms. The fourth-order valence-corrected chi connectivity index (χ4v) is 2.16. The van der Waals surface area contributed by atoms with Gasteiger partial charge >= 0.3 is 0 Å². The fourth-order valence-electron chi connectivity index (χ4n) is 2.16. The second-order valence-electron chi connectivity index (χ2n) is 5.17. The predicted octanol–water partition coefficient (Wildman–Crippen LogP) is 3.46. The third kappa shape index (κ3) is 3.64. The van der Waals surface area contributed by atoms with Crippen LogP contribution in [0.3, 0.4) is 0 Å². The molecule has 1 heterocycles. The highest BCUT2D eigenvalue weighted by Gasteiger charge is 2.14. The fraction of sp³-hybridized carbons (Fsp3) is 0.312. The average Bonchev–Trinajstić information content (AvgIpc) is 2.46. The molecule has 0 aliphatic heterocycles. The van der Waals surface area contributed by atoms with Crippen molar-refractivity contribution in [2.45, 2.75) is 33.4 Å². The lowest BCUT2D eigenvalue weighted by atomic mass is 10.0. The number of aryl methyl sites for hydroxylation is 2. The summed E-state index contributed by atoms with van der Waals surface area (Å²) in [5.41, 5.74) is 3.87. The molecule has 2 aromatic rings. The van der Waals surface area contributed by atoms with E-state index in [1.54, 1.807) is 25.3 Å². The maximum atomic E-state index is 11.0. The normalized spacial score (nSPS) is 12.1. The molecule has 1 aromatic carbocycles. The first-order valence-corrected chi connectivity index (χ1v) is 6.88. The Morgan fingerprint density at radius 1 is 1.29 bits per heavy atom. The van der Waals surface area contributed by atoms with Gasteiger partial charge in [0.1, 0.15) is 0 Å². The number of hydrogen-bond donors (Lipinski definition) is 1. The average molecular weight is 285 g/mol. The van der Waals surface area contributed by atoms with Gasteiger partial charge in [0.2, 0.25) is 0 Å². The molecular formula is C16H19N3O2. The summed E-state index contributed by atoms with van der Waals surface area (Å²) in [6.07, 6.45) is 1.77. The van der Waals surface area contributed by atoms with Gasteiger partial charge in [-0.15, -0.1) is 0 Å². The molecule has 110 valence electrons. The van der Waals surface area contributed by atoms with Gasteiger partial charge in [-0.05, 0) is 38.0 Å². The minimum Gasteiger partial charge on any atom is -0.305 e. The Kier molecular flexibility index (Phi) is 4.65. The molecule has 0 aliphatic carbocycles. The second-order valence-corrected chi connectivity index (χ2v) is 5.17. The van der Waals surface area contributed by atoms with Gasteiger partial charge in [-0.25, -0.2) is 0 Å². The summed E-state index contributed by atoms with van der Waals surface area (Å²) in [5.74, 6) is 0. The van der Waals surface area contributed by atoms with Crippen LogP contribution in [0, 0.1) is 24.0 Å². The van der Waals surface area contributed by atoms with Crippen molar-refractivity contribution in [3.05, 3.63) is 69.0 Å². The molecule has 2 rings (SSSR count). The summed E-state index contributed by atoms with van der Waals surface area (Å²) in [7, 11) is 0. The van der Waals surface area contributed by atoms with Gasteiger partial charge in [-0.2, -0.15) is 0 Å². The van der Waals surface area contributed by atoms with Crippen LogP contribution < -0.4 is 5.32 Å². The Hall–Kier alpha value is -2.27. The van der Waals surface area contributed by atoms with E-state index < -0.39 is 0 Å². The van der Waals surface area contributed by atoms with Gasteiger partial charge in [0.05, 0.1) is 10.6 Å². The van der Waals surface area contributed by atoms with Crippen molar-refractivity contribution in [2.24, 2.45) is 0 Å². The first-order chi connectivity index (χ1) is 9.99. The first-order valence-electron chi connectivity index (χ1n) is 6.88. The van der Waals surface area contributed by atoms with Crippen molar-refractivity contribution < 1.29 is 4.92 Å². The van der Waals surface area contributed by atoms with E-state index >= 15 is 0 Å². The van der Waals surface area contributed by atoms with Crippen LogP contribution in [0.4, 0.5) is 5.69 Å². The minimum absolute atomic E-state index is 0.0192. The molecule has 5 heteroatoms. The molecule has 0 fully saturated rings. The summed E-state index contributed by atoms with van der Waals surface area (Å²) in [4.78, 5) is 15.0. The molecule has 0 saturated heterocycles. The standard InChI is InChI=1S/C16H19N3O2/c1-11-5-4-8-17-15(11)10-18-13(3)14-7-6-12(2)16(9-14)19(20)21/h4-9,13,18H,10H2,1-3H3. The van der Waals surface area contributed by atoms with E-state index in [2.05, 4.69) is 10.3 Å². The number of benzene rings is 1.